The zero-order chi connectivity index (χ0) is 60.4. The normalized spacial score (nSPS) is 20.5. The average molecular weight is 1190 g/mol. The molecule has 0 aliphatic heterocycles. The highest BCUT2D eigenvalue weighted by molar-refractivity contribution is 5.68. The van der Waals surface area contributed by atoms with Crippen LogP contribution < -0.4 is 18.9 Å². The molecule has 8 N–H and O–H groups in total. The van der Waals surface area contributed by atoms with Crippen molar-refractivity contribution in [1.29, 1.82) is 0 Å². The molecule has 12 nitrogen and oxygen atoms in total. The highest BCUT2D eigenvalue weighted by Crippen LogP contribution is 2.56. The summed E-state index contributed by atoms with van der Waals surface area (Å²) in [5.41, 5.74) is 6.97. The van der Waals surface area contributed by atoms with Gasteiger partial charge in [0.15, 0.2) is 0 Å². The van der Waals surface area contributed by atoms with Gasteiger partial charge in [-0.3, -0.25) is 0 Å². The molecular formula is C76H80O12. The number of hydrogen-bond acceptors (Lipinski definition) is 12. The largest absolute Gasteiger partial charge is 0.508 e. The van der Waals surface area contributed by atoms with Crippen LogP contribution in [0.2, 0.25) is 0 Å². The summed E-state index contributed by atoms with van der Waals surface area (Å²) in [4.78, 5) is 0. The van der Waals surface area contributed by atoms with E-state index in [1.807, 2.05) is 60.7 Å². The Kier molecular flexibility index (Phi) is 17.0. The molecule has 4 atom stereocenters. The highest BCUT2D eigenvalue weighted by Gasteiger charge is 2.38. The monoisotopic (exact) mass is 1180 g/mol. The zero-order valence-corrected chi connectivity index (χ0v) is 49.8. The topological polar surface area (TPSA) is 199 Å². The maximum atomic E-state index is 13.2. The first-order chi connectivity index (χ1) is 42.9. The Balaban J connectivity index is 1.19. The second-order valence-corrected chi connectivity index (χ2v) is 25.4. The molecule has 4 fully saturated rings. The molecule has 4 unspecified atom stereocenters. The van der Waals surface area contributed by atoms with Crippen LogP contribution in [-0.4, -0.2) is 65.3 Å². The molecule has 5 aliphatic carbocycles. The van der Waals surface area contributed by atoms with Crippen LogP contribution >= 0.6 is 0 Å². The van der Waals surface area contributed by atoms with E-state index in [0.717, 1.165) is 134 Å². The van der Waals surface area contributed by atoms with E-state index in [4.69, 9.17) is 18.9 Å². The predicted octanol–water partition coefficient (Wildman–Crippen LogP) is 17.2. The van der Waals surface area contributed by atoms with Gasteiger partial charge in [0.2, 0.25) is 0 Å². The smallest absolute Gasteiger partial charge is 0.127 e. The SMILES string of the molecule is Oc1ccc(C2c3cc(c(OC4CCCCC4)cc3O)C(c3ccc(O)cc3)c3cc(c(OC4CCCCC4)cc3O)C(c3ccc(O)cc3)c3cc(c(OC4CCCCC4)cc3O)C(c3ccc(O)cc3)c3cc2c(O)cc3OC2CCCCC2)cc1. The van der Waals surface area contributed by atoms with E-state index in [0.29, 0.717) is 84.2 Å². The first-order valence-electron chi connectivity index (χ1n) is 32.2. The molecule has 456 valence electrons. The lowest BCUT2D eigenvalue weighted by atomic mass is 9.75. The van der Waals surface area contributed by atoms with Crippen LogP contribution in [-0.2, 0) is 0 Å². The molecule has 8 aromatic carbocycles. The maximum absolute atomic E-state index is 13.2. The molecule has 0 heterocycles. The summed E-state index contributed by atoms with van der Waals surface area (Å²) in [5, 5.41) is 96.5. The molecule has 8 bridgehead atoms. The quantitative estimate of drug-likeness (QED) is 0.0577. The predicted molar refractivity (Wildman–Crippen MR) is 339 cm³/mol. The van der Waals surface area contributed by atoms with Crippen LogP contribution in [0.15, 0.2) is 146 Å². The molecule has 0 amide bonds. The van der Waals surface area contributed by atoms with Crippen molar-refractivity contribution in [1.82, 2.24) is 0 Å². The summed E-state index contributed by atoms with van der Waals surface area (Å²) >= 11 is 0. The lowest BCUT2D eigenvalue weighted by Crippen LogP contribution is -2.23. The molecule has 0 radical (unpaired) electrons. The van der Waals surface area contributed by atoms with Crippen molar-refractivity contribution in [3.63, 3.8) is 0 Å². The van der Waals surface area contributed by atoms with E-state index in [1.54, 1.807) is 84.9 Å². The third-order valence-electron chi connectivity index (χ3n) is 19.4. The molecular weight excluding hydrogens is 1100 g/mol. The van der Waals surface area contributed by atoms with Crippen LogP contribution in [0.1, 0.15) is 219 Å². The minimum absolute atomic E-state index is 0.0282. The second kappa shape index (κ2) is 25.6. The number of benzene rings is 8. The van der Waals surface area contributed by atoms with Crippen molar-refractivity contribution < 1.29 is 59.8 Å². The number of ether oxygens (including phenoxy) is 4. The number of fused-ring (bicyclic) bond motifs is 8. The molecule has 12 heteroatoms. The van der Waals surface area contributed by atoms with Crippen LogP contribution in [0, 0.1) is 0 Å². The number of aromatic hydroxyl groups is 8. The Labute approximate surface area is 515 Å². The highest BCUT2D eigenvalue weighted by atomic mass is 16.5. The third-order valence-corrected chi connectivity index (χ3v) is 19.4. The Morgan fingerprint density at radius 3 is 0.602 bits per heavy atom. The lowest BCUT2D eigenvalue weighted by molar-refractivity contribution is 0.151. The van der Waals surface area contributed by atoms with Crippen molar-refractivity contribution in [3.05, 3.63) is 212 Å². The van der Waals surface area contributed by atoms with Gasteiger partial charge in [-0.1, -0.05) is 74.2 Å². The van der Waals surface area contributed by atoms with Crippen molar-refractivity contribution >= 4 is 0 Å². The lowest BCUT2D eigenvalue weighted by Gasteiger charge is -2.33. The van der Waals surface area contributed by atoms with E-state index in [-0.39, 0.29) is 70.4 Å². The Morgan fingerprint density at radius 1 is 0.216 bits per heavy atom. The average Bonchev–Trinajstić information content (AvgIpc) is 1.76. The van der Waals surface area contributed by atoms with Gasteiger partial charge in [-0.2, -0.15) is 0 Å². The number of phenolic OH excluding ortho intramolecular Hbond substituents is 8. The van der Waals surface area contributed by atoms with Crippen molar-refractivity contribution in [2.75, 3.05) is 0 Å². The van der Waals surface area contributed by atoms with E-state index >= 15 is 0 Å². The van der Waals surface area contributed by atoms with Gasteiger partial charge in [0, 0.05) is 92.4 Å². The number of hydrogen-bond donors (Lipinski definition) is 8. The van der Waals surface area contributed by atoms with Gasteiger partial charge in [-0.05, 0) is 198 Å². The van der Waals surface area contributed by atoms with Gasteiger partial charge < -0.3 is 59.8 Å². The van der Waals surface area contributed by atoms with Gasteiger partial charge in [0.25, 0.3) is 0 Å². The molecule has 4 saturated carbocycles. The summed E-state index contributed by atoms with van der Waals surface area (Å²) in [6.07, 6.45) is 17.8. The van der Waals surface area contributed by atoms with Crippen LogP contribution in [0.3, 0.4) is 0 Å². The summed E-state index contributed by atoms with van der Waals surface area (Å²) in [7, 11) is 0. The van der Waals surface area contributed by atoms with Crippen molar-refractivity contribution in [3.8, 4) is 69.0 Å². The van der Waals surface area contributed by atoms with Crippen LogP contribution in [0.5, 0.6) is 69.0 Å². The zero-order valence-electron chi connectivity index (χ0n) is 49.8. The Bertz CT molecular complexity index is 3720. The van der Waals surface area contributed by atoms with Gasteiger partial charge in [-0.15, -0.1) is 0 Å². The minimum atomic E-state index is -0.943. The fraction of sp³-hybridized carbons (Fsp3) is 0.368. The van der Waals surface area contributed by atoms with Crippen LogP contribution in [0.4, 0.5) is 0 Å². The maximum Gasteiger partial charge on any atom is 0.127 e. The van der Waals surface area contributed by atoms with Gasteiger partial charge >= 0.3 is 0 Å². The van der Waals surface area contributed by atoms with E-state index in [1.165, 1.54) is 0 Å². The molecule has 0 saturated heterocycles. The number of rotatable bonds is 12. The first kappa shape index (κ1) is 58.4. The molecule has 13 rings (SSSR count). The van der Waals surface area contributed by atoms with Crippen LogP contribution in [0.25, 0.3) is 0 Å². The summed E-state index contributed by atoms with van der Waals surface area (Å²) in [5.74, 6) is -1.96. The van der Waals surface area contributed by atoms with Gasteiger partial charge in [0.1, 0.15) is 69.0 Å². The van der Waals surface area contributed by atoms with Gasteiger partial charge in [0.05, 0.1) is 24.4 Å². The third kappa shape index (κ3) is 12.3. The molecule has 5 aliphatic rings. The second-order valence-electron chi connectivity index (χ2n) is 25.4. The van der Waals surface area contributed by atoms with Gasteiger partial charge in [-0.25, -0.2) is 0 Å². The van der Waals surface area contributed by atoms with E-state index in [9.17, 15) is 40.9 Å². The molecule has 88 heavy (non-hydrogen) atoms. The van der Waals surface area contributed by atoms with E-state index < -0.39 is 23.7 Å². The summed E-state index contributed by atoms with van der Waals surface area (Å²) in [6.45, 7) is 0. The molecule has 0 spiro atoms. The van der Waals surface area contributed by atoms with Crippen molar-refractivity contribution in [2.45, 2.75) is 177 Å². The standard InChI is InChI=1S/C76H80O12/c77-49-29-21-45(22-30-49)73-57-37-61(69(41-65(57)81)85-53-13-5-1-6-14-53)74(46-23-31-50(78)32-24-46)59-39-62(70(43-67(59)83)86-54-15-7-2-8-16-54)75(47-25-33-51(79)34-26-47)60-40-64(72(44-68(60)84)88-56-19-11-4-12-20-56)76(48-27-35-52(80)36-28-48)63-38-58(73)66(82)42-71(63)87-55-17-9-3-10-18-55/h21-44,53-56,73-84H,1-20H2. The van der Waals surface area contributed by atoms with E-state index in [2.05, 4.69) is 0 Å². The first-order valence-corrected chi connectivity index (χ1v) is 32.2. The summed E-state index contributed by atoms with van der Waals surface area (Å²) in [6, 6.07) is 42.4. The fourth-order valence-corrected chi connectivity index (χ4v) is 14.9. The van der Waals surface area contributed by atoms with Crippen molar-refractivity contribution in [2.24, 2.45) is 0 Å². The Hall–Kier alpha value is -8.64. The summed E-state index contributed by atoms with van der Waals surface area (Å²) < 4.78 is 28.9. The Morgan fingerprint density at radius 2 is 0.398 bits per heavy atom. The molecule has 8 aromatic rings. The fourth-order valence-electron chi connectivity index (χ4n) is 14.9. The minimum Gasteiger partial charge on any atom is -0.508 e. The molecule has 0 aromatic heterocycles. The number of phenols is 8.